The Labute approximate surface area is 95.4 Å². The topological polar surface area (TPSA) is 116 Å². The summed E-state index contributed by atoms with van der Waals surface area (Å²) in [7, 11) is 0.383. The Morgan fingerprint density at radius 1 is 1.40 bits per heavy atom. The van der Waals surface area contributed by atoms with Gasteiger partial charge in [0.2, 0.25) is 0 Å². The molecule has 2 amide bonds. The molecule has 0 rings (SSSR count). The Balaban J connectivity index is 0. The molecule has 0 saturated heterocycles. The number of aliphatic hydroxyl groups excluding tert-OH is 3. The van der Waals surface area contributed by atoms with Gasteiger partial charge in [-0.15, -0.1) is 0 Å². The highest BCUT2D eigenvalue weighted by molar-refractivity contribution is 7.95. The van der Waals surface area contributed by atoms with Crippen molar-refractivity contribution in [2.24, 2.45) is 11.7 Å². The Bertz CT molecular complexity index is 169. The van der Waals surface area contributed by atoms with E-state index in [0.29, 0.717) is 20.3 Å². The van der Waals surface area contributed by atoms with Crippen LogP contribution in [0.1, 0.15) is 12.8 Å². The van der Waals surface area contributed by atoms with E-state index in [1.165, 1.54) is 0 Å². The predicted octanol–water partition coefficient (Wildman–Crippen LogP) is -0.662. The molecule has 90 valence electrons. The molecule has 6 nitrogen and oxygen atoms in total. The second-order valence-corrected chi connectivity index (χ2v) is 3.62. The molecule has 0 aromatic rings. The lowest BCUT2D eigenvalue weighted by Crippen LogP contribution is -2.20. The number of hydrogen-bond acceptors (Lipinski definition) is 5. The number of urea groups is 1. The van der Waals surface area contributed by atoms with Gasteiger partial charge < -0.3 is 21.1 Å². The van der Waals surface area contributed by atoms with Crippen molar-refractivity contribution in [2.75, 3.05) is 19.8 Å². The van der Waals surface area contributed by atoms with E-state index < -0.39 is 6.03 Å². The van der Waals surface area contributed by atoms with E-state index in [1.807, 2.05) is 0 Å². The third-order valence-corrected chi connectivity index (χ3v) is 2.03. The summed E-state index contributed by atoms with van der Waals surface area (Å²) in [5.74, 6) is -0.0443. The Morgan fingerprint density at radius 2 is 1.93 bits per heavy atom. The number of primary amides is 1. The first kappa shape index (κ1) is 17.1. The maximum atomic E-state index is 9.64. The zero-order valence-electron chi connectivity index (χ0n) is 8.30. The number of carbonyl (C=O) groups excluding carboxylic acids is 1. The SMILES string of the molecule is NC(=O)NP=S.OCCCC(CO)CO. The van der Waals surface area contributed by atoms with E-state index >= 15 is 0 Å². The zero-order valence-corrected chi connectivity index (χ0v) is 10.0. The third kappa shape index (κ3) is 16.4. The first-order valence-corrected chi connectivity index (χ1v) is 6.23. The van der Waals surface area contributed by atoms with Gasteiger partial charge in [0.15, 0.2) is 0 Å². The molecule has 0 spiro atoms. The van der Waals surface area contributed by atoms with E-state index in [4.69, 9.17) is 15.3 Å². The van der Waals surface area contributed by atoms with E-state index in [1.54, 1.807) is 0 Å². The second-order valence-electron chi connectivity index (χ2n) is 2.66. The highest BCUT2D eigenvalue weighted by atomic mass is 32.4. The first-order chi connectivity index (χ1) is 7.12. The van der Waals surface area contributed by atoms with E-state index in [9.17, 15) is 4.79 Å². The van der Waals surface area contributed by atoms with Crippen molar-refractivity contribution < 1.29 is 20.1 Å². The summed E-state index contributed by atoms with van der Waals surface area (Å²) in [5.41, 5.74) is 4.58. The van der Waals surface area contributed by atoms with Crippen LogP contribution in [-0.4, -0.2) is 41.2 Å². The first-order valence-electron chi connectivity index (χ1n) is 4.32. The number of nitrogens with one attached hydrogen (secondary N) is 1. The van der Waals surface area contributed by atoms with E-state index in [2.05, 4.69) is 22.6 Å². The molecule has 8 heteroatoms. The number of amides is 2. The molecule has 0 fully saturated rings. The molecule has 0 aliphatic carbocycles. The van der Waals surface area contributed by atoms with Gasteiger partial charge in [0, 0.05) is 25.7 Å². The molecule has 0 atom stereocenters. The Kier molecular flexibility index (Phi) is 15.6. The molecule has 0 aliphatic heterocycles. The lowest BCUT2D eigenvalue weighted by atomic mass is 10.1. The number of nitrogens with two attached hydrogens (primary N) is 1. The Hall–Kier alpha value is -0.330. The van der Waals surface area contributed by atoms with Crippen LogP contribution >= 0.6 is 7.51 Å². The lowest BCUT2D eigenvalue weighted by molar-refractivity contribution is 0.136. The number of aliphatic hydroxyl groups is 3. The van der Waals surface area contributed by atoms with E-state index in [-0.39, 0.29) is 25.7 Å². The standard InChI is InChI=1S/C6H14O3.CH3N2OPS/c7-3-1-2-6(4-8)5-9;2-1(4)3-5-6/h6-9H,1-5H2;(H3,2,3,4,6). The average Bonchev–Trinajstić information content (AvgIpc) is 2.20. The molecule has 15 heavy (non-hydrogen) atoms. The molecule has 0 radical (unpaired) electrons. The maximum absolute atomic E-state index is 9.64. The minimum Gasteiger partial charge on any atom is -0.396 e. The van der Waals surface area contributed by atoms with Crippen molar-refractivity contribution in [1.29, 1.82) is 0 Å². The van der Waals surface area contributed by atoms with Crippen molar-refractivity contribution in [3.63, 3.8) is 0 Å². The normalized spacial score (nSPS) is 9.60. The monoisotopic (exact) mass is 256 g/mol. The summed E-state index contributed by atoms with van der Waals surface area (Å²) in [4.78, 5) is 9.64. The summed E-state index contributed by atoms with van der Waals surface area (Å²) in [6, 6.07) is -0.577. The summed E-state index contributed by atoms with van der Waals surface area (Å²) < 4.78 is 0. The molecule has 6 N–H and O–H groups in total. The van der Waals surface area contributed by atoms with Crippen LogP contribution in [-0.2, 0) is 11.8 Å². The molecule has 0 saturated carbocycles. The van der Waals surface area contributed by atoms with Crippen LogP contribution in [0.3, 0.4) is 0 Å². The molecular weight excluding hydrogens is 239 g/mol. The van der Waals surface area contributed by atoms with Gasteiger partial charge in [0.25, 0.3) is 0 Å². The van der Waals surface area contributed by atoms with Crippen LogP contribution in [0.2, 0.25) is 0 Å². The molecule has 0 aromatic carbocycles. The fourth-order valence-corrected chi connectivity index (χ4v) is 1.03. The predicted molar refractivity (Wildman–Crippen MR) is 61.0 cm³/mol. The van der Waals surface area contributed by atoms with E-state index in [0.717, 1.165) is 0 Å². The Morgan fingerprint density at radius 3 is 2.13 bits per heavy atom. The number of hydrogen-bond donors (Lipinski definition) is 5. The largest absolute Gasteiger partial charge is 0.396 e. The van der Waals surface area contributed by atoms with Crippen molar-refractivity contribution >= 4 is 25.3 Å². The van der Waals surface area contributed by atoms with Gasteiger partial charge >= 0.3 is 6.03 Å². The van der Waals surface area contributed by atoms with Crippen LogP contribution in [0.4, 0.5) is 4.79 Å². The maximum Gasteiger partial charge on any atom is 0.320 e. The van der Waals surface area contributed by atoms with Gasteiger partial charge in [-0.1, -0.05) is 0 Å². The van der Waals surface area contributed by atoms with Gasteiger partial charge in [-0.2, -0.15) is 0 Å². The summed E-state index contributed by atoms with van der Waals surface area (Å²) in [5, 5.41) is 27.5. The number of rotatable bonds is 6. The van der Waals surface area contributed by atoms with Crippen LogP contribution < -0.4 is 10.8 Å². The zero-order chi connectivity index (χ0) is 12.1. The summed E-state index contributed by atoms with van der Waals surface area (Å²) in [6.45, 7) is 0.156. The highest BCUT2D eigenvalue weighted by Gasteiger charge is 2.03. The van der Waals surface area contributed by atoms with Gasteiger partial charge in [-0.3, -0.25) is 5.09 Å². The molecule has 0 unspecified atom stereocenters. The van der Waals surface area contributed by atoms with Crippen molar-refractivity contribution in [3.8, 4) is 0 Å². The highest BCUT2D eigenvalue weighted by Crippen LogP contribution is 2.02. The minimum atomic E-state index is -0.577. The summed E-state index contributed by atoms with van der Waals surface area (Å²) >= 11 is 4.29. The number of carbonyl (C=O) groups is 1. The minimum absolute atomic E-state index is 0.0104. The van der Waals surface area contributed by atoms with Crippen LogP contribution in [0.25, 0.3) is 0 Å². The quantitative estimate of drug-likeness (QED) is 0.404. The smallest absolute Gasteiger partial charge is 0.320 e. The lowest BCUT2D eigenvalue weighted by Gasteiger charge is -2.07. The fraction of sp³-hybridized carbons (Fsp3) is 0.857. The van der Waals surface area contributed by atoms with Gasteiger partial charge in [0.1, 0.15) is 0 Å². The van der Waals surface area contributed by atoms with Gasteiger partial charge in [-0.05, 0) is 24.6 Å². The van der Waals surface area contributed by atoms with Crippen LogP contribution in [0, 0.1) is 5.92 Å². The van der Waals surface area contributed by atoms with Crippen molar-refractivity contribution in [2.45, 2.75) is 12.8 Å². The molecule has 0 heterocycles. The summed E-state index contributed by atoms with van der Waals surface area (Å²) in [6.07, 6.45) is 1.36. The average molecular weight is 256 g/mol. The molecular formula is C7H17N2O4PS. The van der Waals surface area contributed by atoms with Gasteiger partial charge in [0.05, 0.1) is 7.51 Å². The third-order valence-electron chi connectivity index (χ3n) is 1.44. The van der Waals surface area contributed by atoms with Crippen LogP contribution in [0.5, 0.6) is 0 Å². The molecule has 0 aromatic heterocycles. The fourth-order valence-electron chi connectivity index (χ4n) is 0.665. The van der Waals surface area contributed by atoms with Gasteiger partial charge in [-0.25, -0.2) is 4.79 Å². The second kappa shape index (κ2) is 13.7. The molecule has 0 aliphatic rings. The van der Waals surface area contributed by atoms with Crippen molar-refractivity contribution in [3.05, 3.63) is 0 Å². The van der Waals surface area contributed by atoms with Crippen LogP contribution in [0.15, 0.2) is 0 Å². The van der Waals surface area contributed by atoms with Crippen molar-refractivity contribution in [1.82, 2.24) is 5.09 Å². The molecule has 0 bridgehead atoms.